The van der Waals surface area contributed by atoms with Gasteiger partial charge in [-0.2, -0.15) is 13.2 Å². The lowest BCUT2D eigenvalue weighted by Gasteiger charge is -2.35. The predicted molar refractivity (Wildman–Crippen MR) is 103 cm³/mol. The van der Waals surface area contributed by atoms with Crippen LogP contribution >= 0.6 is 0 Å². The van der Waals surface area contributed by atoms with E-state index in [4.69, 9.17) is 4.74 Å². The molecule has 1 heterocycles. The molecule has 0 spiro atoms. The van der Waals surface area contributed by atoms with Gasteiger partial charge in [0.05, 0.1) is 0 Å². The van der Waals surface area contributed by atoms with Crippen LogP contribution in [0.3, 0.4) is 0 Å². The van der Waals surface area contributed by atoms with Crippen molar-refractivity contribution in [1.82, 2.24) is 15.1 Å². The molecule has 170 valence electrons. The predicted octanol–water partition coefficient (Wildman–Crippen LogP) is 3.33. The summed E-state index contributed by atoms with van der Waals surface area (Å²) in [4.78, 5) is 38.0. The highest BCUT2D eigenvalue weighted by Gasteiger charge is 2.38. The smallest absolute Gasteiger partial charge is 0.444 e. The van der Waals surface area contributed by atoms with E-state index in [2.05, 4.69) is 0 Å². The van der Waals surface area contributed by atoms with Crippen LogP contribution in [0.2, 0.25) is 0 Å². The van der Waals surface area contributed by atoms with E-state index in [1.807, 2.05) is 13.8 Å². The standard InChI is InChI=1S/C17H28F3N3O4.C2H6/c1-16(2,3)27-15(26)23-11-9-22(10-12-23)13(24)7-5-4-6-8-21-14(25)17(18,19)20;1-2/h4-12H2,1-3H3,(H,21,25);1-2H3. The maximum Gasteiger partial charge on any atom is 0.471 e. The van der Waals surface area contributed by atoms with Gasteiger partial charge in [0.25, 0.3) is 0 Å². The maximum absolute atomic E-state index is 12.1. The van der Waals surface area contributed by atoms with Crippen molar-refractivity contribution in [3.8, 4) is 0 Å². The van der Waals surface area contributed by atoms with Crippen LogP contribution in [-0.4, -0.2) is 72.2 Å². The molecule has 3 amide bonds. The number of ether oxygens (including phenoxy) is 1. The molecule has 0 radical (unpaired) electrons. The number of carbonyl (C=O) groups excluding carboxylic acids is 3. The molecule has 0 aliphatic carbocycles. The molecule has 0 bridgehead atoms. The van der Waals surface area contributed by atoms with E-state index in [1.54, 1.807) is 35.9 Å². The Bertz CT molecular complexity index is 526. The topological polar surface area (TPSA) is 79.0 Å². The third-order valence-corrected chi connectivity index (χ3v) is 3.89. The zero-order valence-corrected chi connectivity index (χ0v) is 18.0. The first-order valence-electron chi connectivity index (χ1n) is 10.0. The van der Waals surface area contributed by atoms with Crippen LogP contribution in [0.5, 0.6) is 0 Å². The summed E-state index contributed by atoms with van der Waals surface area (Å²) in [5.41, 5.74) is -0.566. The SMILES string of the molecule is CC.CC(C)(C)OC(=O)N1CCN(C(=O)CCCCCNC(=O)C(F)(F)F)CC1. The van der Waals surface area contributed by atoms with E-state index >= 15 is 0 Å². The van der Waals surface area contributed by atoms with Crippen LogP contribution in [0.4, 0.5) is 18.0 Å². The molecule has 1 N–H and O–H groups in total. The van der Waals surface area contributed by atoms with Crippen molar-refractivity contribution in [2.24, 2.45) is 0 Å². The van der Waals surface area contributed by atoms with Crippen molar-refractivity contribution in [3.63, 3.8) is 0 Å². The Morgan fingerprint density at radius 2 is 1.41 bits per heavy atom. The van der Waals surface area contributed by atoms with E-state index in [9.17, 15) is 27.6 Å². The Kier molecular flexibility index (Phi) is 11.7. The van der Waals surface area contributed by atoms with Crippen molar-refractivity contribution >= 4 is 17.9 Å². The highest BCUT2D eigenvalue weighted by atomic mass is 19.4. The van der Waals surface area contributed by atoms with Crippen LogP contribution < -0.4 is 5.32 Å². The molecule has 1 fully saturated rings. The van der Waals surface area contributed by atoms with Gasteiger partial charge in [0, 0.05) is 39.1 Å². The minimum Gasteiger partial charge on any atom is -0.444 e. The van der Waals surface area contributed by atoms with E-state index < -0.39 is 23.8 Å². The molecule has 0 atom stereocenters. The van der Waals surface area contributed by atoms with Crippen LogP contribution in [0.1, 0.15) is 60.3 Å². The fraction of sp³-hybridized carbons (Fsp3) is 0.842. The number of carbonyl (C=O) groups is 3. The summed E-state index contributed by atoms with van der Waals surface area (Å²) in [6, 6.07) is 0. The summed E-state index contributed by atoms with van der Waals surface area (Å²) in [6.07, 6.45) is -3.51. The molecule has 0 aromatic carbocycles. The molecular weight excluding hydrogens is 391 g/mol. The van der Waals surface area contributed by atoms with Crippen molar-refractivity contribution in [1.29, 1.82) is 0 Å². The molecule has 0 saturated carbocycles. The Morgan fingerprint density at radius 3 is 1.90 bits per heavy atom. The summed E-state index contributed by atoms with van der Waals surface area (Å²) in [5, 5.41) is 1.80. The minimum atomic E-state index is -4.86. The lowest BCUT2D eigenvalue weighted by atomic mass is 10.1. The first kappa shape index (κ1) is 27.0. The second-order valence-corrected chi connectivity index (χ2v) is 7.41. The first-order chi connectivity index (χ1) is 13.4. The lowest BCUT2D eigenvalue weighted by Crippen LogP contribution is -2.51. The number of amides is 3. The molecule has 0 aromatic heterocycles. The second-order valence-electron chi connectivity index (χ2n) is 7.41. The van der Waals surface area contributed by atoms with Gasteiger partial charge in [-0.25, -0.2) is 4.79 Å². The molecule has 7 nitrogen and oxygen atoms in total. The molecule has 1 aliphatic heterocycles. The van der Waals surface area contributed by atoms with E-state index in [-0.39, 0.29) is 12.5 Å². The molecular formula is C19H34F3N3O4. The highest BCUT2D eigenvalue weighted by molar-refractivity contribution is 5.81. The zero-order chi connectivity index (χ0) is 22.7. The number of alkyl halides is 3. The molecule has 29 heavy (non-hydrogen) atoms. The van der Waals surface area contributed by atoms with Gasteiger partial charge >= 0.3 is 18.2 Å². The average molecular weight is 425 g/mol. The van der Waals surface area contributed by atoms with Crippen LogP contribution in [0.15, 0.2) is 0 Å². The van der Waals surface area contributed by atoms with Gasteiger partial charge in [0.1, 0.15) is 5.60 Å². The van der Waals surface area contributed by atoms with Crippen LogP contribution in [0, 0.1) is 0 Å². The number of hydrogen-bond donors (Lipinski definition) is 1. The summed E-state index contributed by atoms with van der Waals surface area (Å²) in [6.45, 7) is 11.0. The molecule has 1 rings (SSSR count). The Balaban J connectivity index is 0.00000379. The Morgan fingerprint density at radius 1 is 0.897 bits per heavy atom. The number of rotatable bonds is 6. The Hall–Kier alpha value is -2.00. The van der Waals surface area contributed by atoms with Gasteiger partial charge in [-0.05, 0) is 33.6 Å². The van der Waals surface area contributed by atoms with Gasteiger partial charge in [0.2, 0.25) is 5.91 Å². The summed E-state index contributed by atoms with van der Waals surface area (Å²) in [7, 11) is 0. The van der Waals surface area contributed by atoms with Gasteiger partial charge in [-0.1, -0.05) is 20.3 Å². The molecule has 0 unspecified atom stereocenters. The van der Waals surface area contributed by atoms with Gasteiger partial charge in [-0.15, -0.1) is 0 Å². The number of hydrogen-bond acceptors (Lipinski definition) is 4. The number of piperazine rings is 1. The van der Waals surface area contributed by atoms with Gasteiger partial charge in [0.15, 0.2) is 0 Å². The van der Waals surface area contributed by atoms with Crippen LogP contribution in [0.25, 0.3) is 0 Å². The monoisotopic (exact) mass is 425 g/mol. The van der Waals surface area contributed by atoms with Gasteiger partial charge in [-0.3, -0.25) is 9.59 Å². The molecule has 1 aliphatic rings. The summed E-state index contributed by atoms with van der Waals surface area (Å²) in [5.74, 6) is -1.99. The van der Waals surface area contributed by atoms with E-state index in [0.29, 0.717) is 51.9 Å². The Labute approximate surface area is 170 Å². The quantitative estimate of drug-likeness (QED) is 0.662. The van der Waals surface area contributed by atoms with Crippen LogP contribution in [-0.2, 0) is 14.3 Å². The average Bonchev–Trinajstić information content (AvgIpc) is 2.63. The van der Waals surface area contributed by atoms with E-state index in [0.717, 1.165) is 0 Å². The maximum atomic E-state index is 12.1. The van der Waals surface area contributed by atoms with Crippen molar-refractivity contribution in [2.45, 2.75) is 72.1 Å². The number of unbranched alkanes of at least 4 members (excludes halogenated alkanes) is 2. The first-order valence-corrected chi connectivity index (χ1v) is 10.0. The zero-order valence-electron chi connectivity index (χ0n) is 18.0. The molecule has 10 heteroatoms. The second kappa shape index (κ2) is 12.5. The number of nitrogens with one attached hydrogen (secondary N) is 1. The summed E-state index contributed by atoms with van der Waals surface area (Å²) >= 11 is 0. The largest absolute Gasteiger partial charge is 0.471 e. The fourth-order valence-corrected chi connectivity index (χ4v) is 2.50. The third-order valence-electron chi connectivity index (χ3n) is 3.89. The minimum absolute atomic E-state index is 0.0434. The van der Waals surface area contributed by atoms with Gasteiger partial charge < -0.3 is 19.9 Å². The molecule has 1 saturated heterocycles. The number of nitrogens with zero attached hydrogens (tertiary/aromatic N) is 2. The summed E-state index contributed by atoms with van der Waals surface area (Å²) < 4.78 is 41.3. The number of halogens is 3. The highest BCUT2D eigenvalue weighted by Crippen LogP contribution is 2.15. The van der Waals surface area contributed by atoms with E-state index in [1.165, 1.54) is 0 Å². The normalized spacial score (nSPS) is 14.6. The van der Waals surface area contributed by atoms with Crippen molar-refractivity contribution in [2.75, 3.05) is 32.7 Å². The lowest BCUT2D eigenvalue weighted by molar-refractivity contribution is -0.173. The third kappa shape index (κ3) is 11.6. The van der Waals surface area contributed by atoms with Crippen molar-refractivity contribution in [3.05, 3.63) is 0 Å². The molecule has 0 aromatic rings. The fourth-order valence-electron chi connectivity index (χ4n) is 2.50. The van der Waals surface area contributed by atoms with Crippen molar-refractivity contribution < 1.29 is 32.3 Å².